The summed E-state index contributed by atoms with van der Waals surface area (Å²) in [4.78, 5) is 7.27. The van der Waals surface area contributed by atoms with Crippen LogP contribution in [0, 0.1) is 6.92 Å². The molecule has 2 heterocycles. The van der Waals surface area contributed by atoms with Gasteiger partial charge in [-0.15, -0.1) is 0 Å². The van der Waals surface area contributed by atoms with Crippen LogP contribution in [0.2, 0.25) is 0 Å². The van der Waals surface area contributed by atoms with Crippen LogP contribution in [0.1, 0.15) is 11.3 Å². The second-order valence-electron chi connectivity index (χ2n) is 2.89. The van der Waals surface area contributed by atoms with Crippen molar-refractivity contribution < 1.29 is 5.11 Å². The molecule has 0 unspecified atom stereocenters. The standard InChI is InChI=1S/C9H10N2O/c1-6-2-8-3-7(5-12)4-10-9(8)11-6/h2-4,12H,5H2,1H3,(H,10,11). The van der Waals surface area contributed by atoms with Crippen molar-refractivity contribution in [3.05, 3.63) is 29.6 Å². The second kappa shape index (κ2) is 2.60. The maximum Gasteiger partial charge on any atom is 0.137 e. The Labute approximate surface area is 70.1 Å². The van der Waals surface area contributed by atoms with E-state index in [2.05, 4.69) is 9.97 Å². The van der Waals surface area contributed by atoms with Crippen LogP contribution in [0.15, 0.2) is 18.3 Å². The highest BCUT2D eigenvalue weighted by Crippen LogP contribution is 2.13. The number of rotatable bonds is 1. The van der Waals surface area contributed by atoms with E-state index in [1.54, 1.807) is 6.20 Å². The number of aliphatic hydroxyl groups is 1. The first-order valence-electron chi connectivity index (χ1n) is 3.84. The lowest BCUT2D eigenvalue weighted by Crippen LogP contribution is -1.84. The molecule has 0 amide bonds. The third kappa shape index (κ3) is 1.08. The first-order chi connectivity index (χ1) is 5.79. The van der Waals surface area contributed by atoms with E-state index in [-0.39, 0.29) is 6.61 Å². The summed E-state index contributed by atoms with van der Waals surface area (Å²) in [5.74, 6) is 0. The fourth-order valence-electron chi connectivity index (χ4n) is 1.28. The molecule has 0 aliphatic heterocycles. The number of pyridine rings is 1. The summed E-state index contributed by atoms with van der Waals surface area (Å²) < 4.78 is 0. The van der Waals surface area contributed by atoms with Gasteiger partial charge in [0, 0.05) is 17.3 Å². The molecule has 2 N–H and O–H groups in total. The Kier molecular flexibility index (Phi) is 1.59. The molecule has 0 atom stereocenters. The summed E-state index contributed by atoms with van der Waals surface area (Å²) in [5, 5.41) is 9.91. The normalized spacial score (nSPS) is 10.8. The summed E-state index contributed by atoms with van der Waals surface area (Å²) in [5.41, 5.74) is 2.82. The van der Waals surface area contributed by atoms with Crippen molar-refractivity contribution in [1.82, 2.24) is 9.97 Å². The van der Waals surface area contributed by atoms with Gasteiger partial charge in [0.25, 0.3) is 0 Å². The highest BCUT2D eigenvalue weighted by atomic mass is 16.3. The Morgan fingerprint density at radius 1 is 1.50 bits per heavy atom. The molecular formula is C9H10N2O. The monoisotopic (exact) mass is 162 g/mol. The molecule has 2 aromatic rings. The van der Waals surface area contributed by atoms with Crippen LogP contribution in [-0.4, -0.2) is 15.1 Å². The van der Waals surface area contributed by atoms with Gasteiger partial charge in [-0.2, -0.15) is 0 Å². The van der Waals surface area contributed by atoms with Gasteiger partial charge in [0.05, 0.1) is 6.61 Å². The molecule has 0 aliphatic rings. The largest absolute Gasteiger partial charge is 0.392 e. The quantitative estimate of drug-likeness (QED) is 0.665. The SMILES string of the molecule is Cc1cc2cc(CO)cnc2[nH]1. The van der Waals surface area contributed by atoms with Crippen LogP contribution in [-0.2, 0) is 6.61 Å². The number of hydrogen-bond acceptors (Lipinski definition) is 2. The number of fused-ring (bicyclic) bond motifs is 1. The van der Waals surface area contributed by atoms with Gasteiger partial charge in [-0.3, -0.25) is 0 Å². The minimum absolute atomic E-state index is 0.0488. The number of H-pyrrole nitrogens is 1. The maximum atomic E-state index is 8.85. The van der Waals surface area contributed by atoms with Crippen LogP contribution in [0.25, 0.3) is 11.0 Å². The summed E-state index contributed by atoms with van der Waals surface area (Å²) >= 11 is 0. The Balaban J connectivity index is 2.66. The van der Waals surface area contributed by atoms with E-state index in [9.17, 15) is 0 Å². The number of aromatic amines is 1. The van der Waals surface area contributed by atoms with Crippen molar-refractivity contribution in [2.75, 3.05) is 0 Å². The Morgan fingerprint density at radius 3 is 3.08 bits per heavy atom. The van der Waals surface area contributed by atoms with Crippen molar-refractivity contribution in [3.8, 4) is 0 Å². The van der Waals surface area contributed by atoms with Gasteiger partial charge in [-0.1, -0.05) is 0 Å². The van der Waals surface area contributed by atoms with Gasteiger partial charge in [0.15, 0.2) is 0 Å². The predicted octanol–water partition coefficient (Wildman–Crippen LogP) is 1.36. The average Bonchev–Trinajstić information content (AvgIpc) is 2.43. The zero-order valence-corrected chi connectivity index (χ0v) is 6.83. The molecule has 3 heteroatoms. The summed E-state index contributed by atoms with van der Waals surface area (Å²) in [6, 6.07) is 3.95. The van der Waals surface area contributed by atoms with Gasteiger partial charge in [-0.25, -0.2) is 4.98 Å². The number of aryl methyl sites for hydroxylation is 1. The minimum Gasteiger partial charge on any atom is -0.392 e. The molecule has 0 bridgehead atoms. The van der Waals surface area contributed by atoms with Gasteiger partial charge < -0.3 is 10.1 Å². The number of nitrogens with one attached hydrogen (secondary N) is 1. The maximum absolute atomic E-state index is 8.85. The minimum atomic E-state index is 0.0488. The van der Waals surface area contributed by atoms with Gasteiger partial charge in [0.2, 0.25) is 0 Å². The molecule has 2 aromatic heterocycles. The van der Waals surface area contributed by atoms with E-state index in [0.717, 1.165) is 22.3 Å². The number of hydrogen-bond donors (Lipinski definition) is 2. The van der Waals surface area contributed by atoms with E-state index >= 15 is 0 Å². The van der Waals surface area contributed by atoms with Crippen molar-refractivity contribution in [1.29, 1.82) is 0 Å². The first kappa shape index (κ1) is 7.31. The topological polar surface area (TPSA) is 48.9 Å². The molecule has 62 valence electrons. The Bertz CT molecular complexity index is 406. The van der Waals surface area contributed by atoms with E-state index in [1.807, 2.05) is 19.1 Å². The van der Waals surface area contributed by atoms with E-state index in [1.165, 1.54) is 0 Å². The summed E-state index contributed by atoms with van der Waals surface area (Å²) in [6.07, 6.45) is 1.68. The molecular weight excluding hydrogens is 152 g/mol. The van der Waals surface area contributed by atoms with Crippen LogP contribution in [0.4, 0.5) is 0 Å². The zero-order valence-electron chi connectivity index (χ0n) is 6.83. The summed E-state index contributed by atoms with van der Waals surface area (Å²) in [7, 11) is 0. The Morgan fingerprint density at radius 2 is 2.33 bits per heavy atom. The van der Waals surface area contributed by atoms with Gasteiger partial charge >= 0.3 is 0 Å². The van der Waals surface area contributed by atoms with Crippen LogP contribution >= 0.6 is 0 Å². The third-order valence-electron chi connectivity index (χ3n) is 1.84. The molecule has 0 aliphatic carbocycles. The molecule has 0 saturated heterocycles. The first-order valence-corrected chi connectivity index (χ1v) is 3.84. The van der Waals surface area contributed by atoms with Crippen molar-refractivity contribution in [3.63, 3.8) is 0 Å². The van der Waals surface area contributed by atoms with Crippen molar-refractivity contribution in [2.45, 2.75) is 13.5 Å². The fraction of sp³-hybridized carbons (Fsp3) is 0.222. The van der Waals surface area contributed by atoms with Crippen molar-refractivity contribution >= 4 is 11.0 Å². The zero-order chi connectivity index (χ0) is 8.55. The lowest BCUT2D eigenvalue weighted by Gasteiger charge is -1.93. The lowest BCUT2D eigenvalue weighted by atomic mass is 10.2. The molecule has 0 spiro atoms. The van der Waals surface area contributed by atoms with E-state index in [4.69, 9.17) is 5.11 Å². The highest BCUT2D eigenvalue weighted by molar-refractivity contribution is 5.76. The van der Waals surface area contributed by atoms with Gasteiger partial charge in [-0.05, 0) is 24.6 Å². The molecule has 0 aromatic carbocycles. The number of nitrogens with zero attached hydrogens (tertiary/aromatic N) is 1. The molecule has 3 nitrogen and oxygen atoms in total. The van der Waals surface area contributed by atoms with Crippen LogP contribution < -0.4 is 0 Å². The van der Waals surface area contributed by atoms with Crippen molar-refractivity contribution in [2.24, 2.45) is 0 Å². The van der Waals surface area contributed by atoms with E-state index < -0.39 is 0 Å². The second-order valence-corrected chi connectivity index (χ2v) is 2.89. The number of aromatic nitrogens is 2. The Hall–Kier alpha value is -1.35. The van der Waals surface area contributed by atoms with Crippen LogP contribution in [0.3, 0.4) is 0 Å². The lowest BCUT2D eigenvalue weighted by molar-refractivity contribution is 0.281. The van der Waals surface area contributed by atoms with E-state index in [0.29, 0.717) is 0 Å². The summed E-state index contributed by atoms with van der Waals surface area (Å²) in [6.45, 7) is 2.04. The molecule has 0 radical (unpaired) electrons. The molecule has 0 fully saturated rings. The average molecular weight is 162 g/mol. The van der Waals surface area contributed by atoms with Crippen LogP contribution in [0.5, 0.6) is 0 Å². The molecule has 12 heavy (non-hydrogen) atoms. The molecule has 2 rings (SSSR count). The molecule has 0 saturated carbocycles. The smallest absolute Gasteiger partial charge is 0.137 e. The number of aliphatic hydroxyl groups excluding tert-OH is 1. The fourth-order valence-corrected chi connectivity index (χ4v) is 1.28. The highest BCUT2D eigenvalue weighted by Gasteiger charge is 1.98. The van der Waals surface area contributed by atoms with Gasteiger partial charge in [0.1, 0.15) is 5.65 Å². The predicted molar refractivity (Wildman–Crippen MR) is 46.8 cm³/mol. The third-order valence-corrected chi connectivity index (χ3v) is 1.84.